The number of rotatable bonds is 4. The standard InChI is InChI=1S/C22H25N3O/c1-16(2)21-13-19-17(7-6-10-20(19)23-21)14-24-11-12-25(22(26)15-24)18-8-4-3-5-9-18/h3-10,13,16,23H,11-12,14-15H2,1-2H3. The smallest absolute Gasteiger partial charge is 0.241 e. The van der Waals surface area contributed by atoms with Crippen LogP contribution in [0, 0.1) is 0 Å². The highest BCUT2D eigenvalue weighted by atomic mass is 16.2. The highest BCUT2D eigenvalue weighted by molar-refractivity contribution is 5.95. The van der Waals surface area contributed by atoms with E-state index in [-0.39, 0.29) is 5.91 Å². The number of amides is 1. The molecule has 0 saturated carbocycles. The lowest BCUT2D eigenvalue weighted by atomic mass is 10.1. The van der Waals surface area contributed by atoms with Gasteiger partial charge >= 0.3 is 0 Å². The molecule has 3 aromatic rings. The number of para-hydroxylation sites is 1. The molecular weight excluding hydrogens is 322 g/mol. The Morgan fingerprint density at radius 2 is 1.85 bits per heavy atom. The van der Waals surface area contributed by atoms with E-state index in [4.69, 9.17) is 0 Å². The summed E-state index contributed by atoms with van der Waals surface area (Å²) in [5.74, 6) is 0.651. The second kappa shape index (κ2) is 6.96. The van der Waals surface area contributed by atoms with Crippen molar-refractivity contribution in [2.75, 3.05) is 24.5 Å². The van der Waals surface area contributed by atoms with E-state index < -0.39 is 0 Å². The average Bonchev–Trinajstić information content (AvgIpc) is 3.08. The van der Waals surface area contributed by atoms with Gasteiger partial charge in [-0.25, -0.2) is 0 Å². The van der Waals surface area contributed by atoms with E-state index >= 15 is 0 Å². The second-order valence-electron chi connectivity index (χ2n) is 7.35. The average molecular weight is 347 g/mol. The van der Waals surface area contributed by atoms with Gasteiger partial charge in [-0.1, -0.05) is 44.2 Å². The van der Waals surface area contributed by atoms with Crippen LogP contribution in [0.2, 0.25) is 0 Å². The Bertz CT molecular complexity index is 914. The normalized spacial score (nSPS) is 16.0. The van der Waals surface area contributed by atoms with Gasteiger partial charge in [-0.3, -0.25) is 9.69 Å². The Morgan fingerprint density at radius 1 is 1.04 bits per heavy atom. The lowest BCUT2D eigenvalue weighted by Gasteiger charge is -2.34. The number of anilines is 1. The van der Waals surface area contributed by atoms with Crippen LogP contribution in [0.3, 0.4) is 0 Å². The van der Waals surface area contributed by atoms with Crippen LogP contribution >= 0.6 is 0 Å². The summed E-state index contributed by atoms with van der Waals surface area (Å²) in [6.45, 7) is 7.30. The first-order valence-electron chi connectivity index (χ1n) is 9.30. The molecule has 4 nitrogen and oxygen atoms in total. The molecule has 26 heavy (non-hydrogen) atoms. The van der Waals surface area contributed by atoms with E-state index in [1.807, 2.05) is 35.2 Å². The van der Waals surface area contributed by atoms with E-state index in [2.05, 4.69) is 48.0 Å². The number of carbonyl (C=O) groups is 1. The van der Waals surface area contributed by atoms with Crippen LogP contribution in [0.4, 0.5) is 5.69 Å². The van der Waals surface area contributed by atoms with Crippen LogP contribution in [0.1, 0.15) is 31.0 Å². The lowest BCUT2D eigenvalue weighted by molar-refractivity contribution is -0.121. The Balaban J connectivity index is 1.51. The van der Waals surface area contributed by atoms with E-state index in [1.165, 1.54) is 22.2 Å². The van der Waals surface area contributed by atoms with Crippen LogP contribution < -0.4 is 4.90 Å². The number of hydrogen-bond acceptors (Lipinski definition) is 2. The number of H-pyrrole nitrogens is 1. The maximum absolute atomic E-state index is 12.6. The molecule has 1 amide bonds. The molecule has 0 radical (unpaired) electrons. The predicted molar refractivity (Wildman–Crippen MR) is 106 cm³/mol. The highest BCUT2D eigenvalue weighted by Gasteiger charge is 2.25. The molecule has 1 N–H and O–H groups in total. The summed E-state index contributed by atoms with van der Waals surface area (Å²) in [4.78, 5) is 20.3. The number of carbonyl (C=O) groups excluding carboxylic acids is 1. The third kappa shape index (κ3) is 3.25. The van der Waals surface area contributed by atoms with E-state index in [1.54, 1.807) is 0 Å². The predicted octanol–water partition coefficient (Wildman–Crippen LogP) is 4.14. The number of fused-ring (bicyclic) bond motifs is 1. The first kappa shape index (κ1) is 16.9. The first-order valence-corrected chi connectivity index (χ1v) is 9.30. The second-order valence-corrected chi connectivity index (χ2v) is 7.35. The van der Waals surface area contributed by atoms with Crippen molar-refractivity contribution in [1.29, 1.82) is 0 Å². The largest absolute Gasteiger partial charge is 0.358 e. The minimum Gasteiger partial charge on any atom is -0.358 e. The summed E-state index contributed by atoms with van der Waals surface area (Å²) >= 11 is 0. The van der Waals surface area contributed by atoms with E-state index in [9.17, 15) is 4.79 Å². The van der Waals surface area contributed by atoms with E-state index in [0.29, 0.717) is 12.5 Å². The molecule has 1 saturated heterocycles. The van der Waals surface area contributed by atoms with Crippen molar-refractivity contribution < 1.29 is 4.79 Å². The van der Waals surface area contributed by atoms with Crippen molar-refractivity contribution in [2.45, 2.75) is 26.3 Å². The number of nitrogens with zero attached hydrogens (tertiary/aromatic N) is 2. The third-order valence-electron chi connectivity index (χ3n) is 5.16. The fraction of sp³-hybridized carbons (Fsp3) is 0.318. The van der Waals surface area contributed by atoms with Crippen molar-refractivity contribution in [2.24, 2.45) is 0 Å². The summed E-state index contributed by atoms with van der Waals surface area (Å²) in [7, 11) is 0. The number of nitrogens with one attached hydrogen (secondary N) is 1. The number of aromatic amines is 1. The van der Waals surface area contributed by atoms with Crippen molar-refractivity contribution >= 4 is 22.5 Å². The van der Waals surface area contributed by atoms with Gasteiger partial charge in [0.2, 0.25) is 5.91 Å². The molecule has 0 atom stereocenters. The minimum absolute atomic E-state index is 0.173. The molecule has 0 bridgehead atoms. The zero-order valence-electron chi connectivity index (χ0n) is 15.4. The SMILES string of the molecule is CC(C)c1cc2c(CN3CCN(c4ccccc4)C(=O)C3)cccc2[nH]1. The monoisotopic (exact) mass is 347 g/mol. The quantitative estimate of drug-likeness (QED) is 0.770. The molecule has 1 aliphatic heterocycles. The van der Waals surface area contributed by atoms with Gasteiger partial charge in [0.15, 0.2) is 0 Å². The van der Waals surface area contributed by atoms with Crippen LogP contribution in [0.15, 0.2) is 54.6 Å². The zero-order valence-corrected chi connectivity index (χ0v) is 15.4. The fourth-order valence-corrected chi connectivity index (χ4v) is 3.67. The molecule has 2 heterocycles. The summed E-state index contributed by atoms with van der Waals surface area (Å²) < 4.78 is 0. The van der Waals surface area contributed by atoms with Gasteiger partial charge in [0, 0.05) is 41.9 Å². The Morgan fingerprint density at radius 3 is 2.58 bits per heavy atom. The molecule has 4 heteroatoms. The molecular formula is C22H25N3O. The van der Waals surface area contributed by atoms with Crippen molar-refractivity contribution in [1.82, 2.24) is 9.88 Å². The van der Waals surface area contributed by atoms with Gasteiger partial charge in [0.25, 0.3) is 0 Å². The van der Waals surface area contributed by atoms with Gasteiger partial charge in [-0.2, -0.15) is 0 Å². The fourth-order valence-electron chi connectivity index (χ4n) is 3.67. The summed E-state index contributed by atoms with van der Waals surface area (Å²) in [6.07, 6.45) is 0. The van der Waals surface area contributed by atoms with Gasteiger partial charge in [0.05, 0.1) is 6.54 Å². The maximum atomic E-state index is 12.6. The van der Waals surface area contributed by atoms with Gasteiger partial charge in [-0.15, -0.1) is 0 Å². The van der Waals surface area contributed by atoms with Gasteiger partial charge in [-0.05, 0) is 35.7 Å². The summed E-state index contributed by atoms with van der Waals surface area (Å²) in [5, 5.41) is 1.27. The number of benzene rings is 2. The van der Waals surface area contributed by atoms with Crippen molar-refractivity contribution in [3.63, 3.8) is 0 Å². The molecule has 0 spiro atoms. The van der Waals surface area contributed by atoms with Crippen LogP contribution in [-0.2, 0) is 11.3 Å². The minimum atomic E-state index is 0.173. The van der Waals surface area contributed by atoms with Crippen LogP contribution in [0.5, 0.6) is 0 Å². The van der Waals surface area contributed by atoms with Gasteiger partial charge < -0.3 is 9.88 Å². The Hall–Kier alpha value is -2.59. The highest BCUT2D eigenvalue weighted by Crippen LogP contribution is 2.26. The number of hydrogen-bond donors (Lipinski definition) is 1. The Kier molecular flexibility index (Phi) is 4.51. The zero-order chi connectivity index (χ0) is 18.1. The van der Waals surface area contributed by atoms with Crippen LogP contribution in [0.25, 0.3) is 10.9 Å². The number of piperazine rings is 1. The van der Waals surface area contributed by atoms with Crippen molar-refractivity contribution in [3.05, 3.63) is 65.9 Å². The number of aromatic nitrogens is 1. The molecule has 0 unspecified atom stereocenters. The van der Waals surface area contributed by atoms with E-state index in [0.717, 1.165) is 25.3 Å². The molecule has 1 aromatic heterocycles. The molecule has 1 aliphatic rings. The first-order chi connectivity index (χ1) is 12.6. The molecule has 1 fully saturated rings. The topological polar surface area (TPSA) is 39.3 Å². The molecule has 4 rings (SSSR count). The maximum Gasteiger partial charge on any atom is 0.241 e. The molecule has 0 aliphatic carbocycles. The van der Waals surface area contributed by atoms with Crippen LogP contribution in [-0.4, -0.2) is 35.4 Å². The Labute approximate surface area is 154 Å². The molecule has 2 aromatic carbocycles. The molecule has 134 valence electrons. The lowest BCUT2D eigenvalue weighted by Crippen LogP contribution is -2.50. The third-order valence-corrected chi connectivity index (χ3v) is 5.16. The van der Waals surface area contributed by atoms with Gasteiger partial charge in [0.1, 0.15) is 0 Å². The van der Waals surface area contributed by atoms with Crippen molar-refractivity contribution in [3.8, 4) is 0 Å². The summed E-state index contributed by atoms with van der Waals surface area (Å²) in [6, 6.07) is 18.6. The summed E-state index contributed by atoms with van der Waals surface area (Å²) in [5.41, 5.74) is 4.72.